The van der Waals surface area contributed by atoms with E-state index < -0.39 is 0 Å². The molecule has 0 aliphatic rings. The van der Waals surface area contributed by atoms with Crippen molar-refractivity contribution in [2.75, 3.05) is 20.3 Å². The second-order valence-electron chi connectivity index (χ2n) is 5.81. The monoisotopic (exact) mass is 364 g/mol. The zero-order valence-corrected chi connectivity index (χ0v) is 15.7. The van der Waals surface area contributed by atoms with Gasteiger partial charge < -0.3 is 19.5 Å². The van der Waals surface area contributed by atoms with Crippen LogP contribution in [0.4, 0.5) is 0 Å². The van der Waals surface area contributed by atoms with Crippen LogP contribution in [0, 0.1) is 0 Å². The van der Waals surface area contributed by atoms with Crippen molar-refractivity contribution in [3.63, 3.8) is 0 Å². The standard InChI is InChI=1S/C19H25ClN2O3/c1-14(2)25-18-12-16(20)15(11-17(18)23-3)13-21-8-6-10-24-19-7-4-5-9-22-19/h4-5,7,9,11-12,14,21H,6,8,10,13H2,1-3H3. The van der Waals surface area contributed by atoms with Crippen molar-refractivity contribution in [1.29, 1.82) is 0 Å². The first kappa shape index (κ1) is 19.3. The van der Waals surface area contributed by atoms with Crippen molar-refractivity contribution < 1.29 is 14.2 Å². The predicted molar refractivity (Wildman–Crippen MR) is 99.8 cm³/mol. The lowest BCUT2D eigenvalue weighted by atomic mass is 10.2. The molecule has 25 heavy (non-hydrogen) atoms. The Morgan fingerprint density at radius 1 is 1.20 bits per heavy atom. The number of nitrogens with one attached hydrogen (secondary N) is 1. The highest BCUT2D eigenvalue weighted by atomic mass is 35.5. The number of ether oxygens (including phenoxy) is 3. The zero-order valence-electron chi connectivity index (χ0n) is 14.9. The lowest BCUT2D eigenvalue weighted by Crippen LogP contribution is -2.17. The number of benzene rings is 1. The quantitative estimate of drug-likeness (QED) is 0.643. The Kier molecular flexibility index (Phi) is 7.82. The molecule has 0 saturated carbocycles. The van der Waals surface area contributed by atoms with Crippen LogP contribution >= 0.6 is 11.6 Å². The molecule has 0 saturated heterocycles. The maximum atomic E-state index is 6.35. The Balaban J connectivity index is 1.78. The smallest absolute Gasteiger partial charge is 0.213 e. The van der Waals surface area contributed by atoms with E-state index in [2.05, 4.69) is 10.3 Å². The summed E-state index contributed by atoms with van der Waals surface area (Å²) < 4.78 is 16.7. The van der Waals surface area contributed by atoms with Crippen LogP contribution in [0.25, 0.3) is 0 Å². The Morgan fingerprint density at radius 3 is 2.72 bits per heavy atom. The molecule has 2 rings (SSSR count). The van der Waals surface area contributed by atoms with Gasteiger partial charge in [-0.1, -0.05) is 17.7 Å². The molecule has 0 aliphatic carbocycles. The van der Waals surface area contributed by atoms with Crippen molar-refractivity contribution >= 4 is 11.6 Å². The number of nitrogens with zero attached hydrogens (tertiary/aromatic N) is 1. The van der Waals surface area contributed by atoms with E-state index in [1.54, 1.807) is 13.3 Å². The molecule has 136 valence electrons. The van der Waals surface area contributed by atoms with Gasteiger partial charge in [-0.15, -0.1) is 0 Å². The fraction of sp³-hybridized carbons (Fsp3) is 0.421. The summed E-state index contributed by atoms with van der Waals surface area (Å²) in [6.07, 6.45) is 2.66. The lowest BCUT2D eigenvalue weighted by Gasteiger charge is -2.16. The Labute approximate surface area is 154 Å². The van der Waals surface area contributed by atoms with Crippen LogP contribution in [-0.2, 0) is 6.54 Å². The second kappa shape index (κ2) is 10.1. The van der Waals surface area contributed by atoms with Crippen LogP contribution in [0.2, 0.25) is 5.02 Å². The fourth-order valence-corrected chi connectivity index (χ4v) is 2.47. The van der Waals surface area contributed by atoms with E-state index >= 15 is 0 Å². The van der Waals surface area contributed by atoms with Gasteiger partial charge in [0.2, 0.25) is 5.88 Å². The van der Waals surface area contributed by atoms with E-state index in [4.69, 9.17) is 25.8 Å². The molecule has 1 heterocycles. The van der Waals surface area contributed by atoms with Gasteiger partial charge in [0, 0.05) is 29.9 Å². The van der Waals surface area contributed by atoms with Crippen molar-refractivity contribution in [3.05, 3.63) is 47.1 Å². The first-order valence-electron chi connectivity index (χ1n) is 8.37. The zero-order chi connectivity index (χ0) is 18.1. The number of pyridine rings is 1. The third-order valence-electron chi connectivity index (χ3n) is 3.40. The summed E-state index contributed by atoms with van der Waals surface area (Å²) in [6.45, 7) is 6.02. The highest BCUT2D eigenvalue weighted by molar-refractivity contribution is 6.31. The Bertz CT molecular complexity index is 651. The molecule has 5 nitrogen and oxygen atoms in total. The summed E-state index contributed by atoms with van der Waals surface area (Å²) in [6, 6.07) is 9.34. The molecule has 0 unspecified atom stereocenters. The van der Waals surface area contributed by atoms with Crippen LogP contribution in [0.5, 0.6) is 17.4 Å². The molecule has 2 aromatic rings. The number of methoxy groups -OCH3 is 1. The summed E-state index contributed by atoms with van der Waals surface area (Å²) in [5, 5.41) is 4.02. The molecule has 0 spiro atoms. The largest absolute Gasteiger partial charge is 0.493 e. The Hall–Kier alpha value is -1.98. The molecular formula is C19H25ClN2O3. The summed E-state index contributed by atoms with van der Waals surface area (Å²) in [4.78, 5) is 4.12. The SMILES string of the molecule is COc1cc(CNCCCOc2ccccn2)c(Cl)cc1OC(C)C. The number of aromatic nitrogens is 1. The molecule has 0 bridgehead atoms. The van der Waals surface area contributed by atoms with Crippen molar-refractivity contribution in [3.8, 4) is 17.4 Å². The van der Waals surface area contributed by atoms with Crippen LogP contribution in [0.15, 0.2) is 36.5 Å². The number of hydrogen-bond acceptors (Lipinski definition) is 5. The first-order chi connectivity index (χ1) is 12.1. The van der Waals surface area contributed by atoms with Gasteiger partial charge in [0.1, 0.15) is 0 Å². The Morgan fingerprint density at radius 2 is 2.04 bits per heavy atom. The molecule has 1 N–H and O–H groups in total. The number of rotatable bonds is 10. The predicted octanol–water partition coefficient (Wildman–Crippen LogP) is 4.09. The summed E-state index contributed by atoms with van der Waals surface area (Å²) in [5.74, 6) is 2.00. The second-order valence-corrected chi connectivity index (χ2v) is 6.22. The van der Waals surface area contributed by atoms with Crippen LogP contribution in [0.3, 0.4) is 0 Å². The molecule has 1 aromatic heterocycles. The van der Waals surface area contributed by atoms with Crippen molar-refractivity contribution in [2.45, 2.75) is 32.9 Å². The van der Waals surface area contributed by atoms with Crippen LogP contribution < -0.4 is 19.5 Å². The van der Waals surface area contributed by atoms with Gasteiger partial charge in [-0.25, -0.2) is 4.98 Å². The van der Waals surface area contributed by atoms with E-state index in [0.717, 1.165) is 18.5 Å². The highest BCUT2D eigenvalue weighted by Crippen LogP contribution is 2.34. The molecule has 0 amide bonds. The van der Waals surface area contributed by atoms with Gasteiger partial charge in [-0.2, -0.15) is 0 Å². The van der Waals surface area contributed by atoms with Crippen LogP contribution in [-0.4, -0.2) is 31.3 Å². The van der Waals surface area contributed by atoms with E-state index in [0.29, 0.717) is 35.6 Å². The van der Waals surface area contributed by atoms with Crippen molar-refractivity contribution in [1.82, 2.24) is 10.3 Å². The van der Waals surface area contributed by atoms with Gasteiger partial charge in [0.25, 0.3) is 0 Å². The molecule has 0 radical (unpaired) electrons. The van der Waals surface area contributed by atoms with E-state index in [9.17, 15) is 0 Å². The molecule has 0 aliphatic heterocycles. The van der Waals surface area contributed by atoms with E-state index in [-0.39, 0.29) is 6.10 Å². The average molecular weight is 365 g/mol. The highest BCUT2D eigenvalue weighted by Gasteiger charge is 2.11. The topological polar surface area (TPSA) is 52.6 Å². The molecule has 6 heteroatoms. The first-order valence-corrected chi connectivity index (χ1v) is 8.75. The third kappa shape index (κ3) is 6.44. The summed E-state index contributed by atoms with van der Waals surface area (Å²) in [5.41, 5.74) is 0.972. The molecule has 0 fully saturated rings. The van der Waals surface area contributed by atoms with Crippen LogP contribution in [0.1, 0.15) is 25.8 Å². The summed E-state index contributed by atoms with van der Waals surface area (Å²) >= 11 is 6.35. The lowest BCUT2D eigenvalue weighted by molar-refractivity contribution is 0.230. The van der Waals surface area contributed by atoms with Gasteiger partial charge in [0.05, 0.1) is 19.8 Å². The van der Waals surface area contributed by atoms with Gasteiger partial charge in [0.15, 0.2) is 11.5 Å². The minimum absolute atomic E-state index is 0.0630. The number of halogens is 1. The number of hydrogen-bond donors (Lipinski definition) is 1. The van der Waals surface area contributed by atoms with Crippen molar-refractivity contribution in [2.24, 2.45) is 0 Å². The van der Waals surface area contributed by atoms with E-state index in [1.807, 2.05) is 44.2 Å². The molecular weight excluding hydrogens is 340 g/mol. The molecule has 0 atom stereocenters. The van der Waals surface area contributed by atoms with E-state index in [1.165, 1.54) is 0 Å². The molecule has 1 aromatic carbocycles. The maximum Gasteiger partial charge on any atom is 0.213 e. The van der Waals surface area contributed by atoms with Gasteiger partial charge >= 0.3 is 0 Å². The third-order valence-corrected chi connectivity index (χ3v) is 3.75. The minimum atomic E-state index is 0.0630. The minimum Gasteiger partial charge on any atom is -0.493 e. The van der Waals surface area contributed by atoms with Gasteiger partial charge in [-0.05, 0) is 44.5 Å². The normalized spacial score (nSPS) is 10.8. The maximum absolute atomic E-state index is 6.35. The average Bonchev–Trinajstić information content (AvgIpc) is 2.60. The van der Waals surface area contributed by atoms with Gasteiger partial charge in [-0.3, -0.25) is 0 Å². The summed E-state index contributed by atoms with van der Waals surface area (Å²) in [7, 11) is 1.63. The fourth-order valence-electron chi connectivity index (χ4n) is 2.25.